The molecule has 1 aromatic heterocycles. The molecule has 0 aliphatic carbocycles. The Morgan fingerprint density at radius 2 is 1.69 bits per heavy atom. The lowest BCUT2D eigenvalue weighted by molar-refractivity contribution is -0.806. The summed E-state index contributed by atoms with van der Waals surface area (Å²) < 4.78 is 7.26. The standard InChI is InChI=1S/C10H19N2O/c1-9(2,3)8-11-12(7-13-8)10(4,5)6/h7H,1-6H3/q+1. The van der Waals surface area contributed by atoms with Gasteiger partial charge in [-0.3, -0.25) is 0 Å². The van der Waals surface area contributed by atoms with Gasteiger partial charge in [0.05, 0.1) is 0 Å². The Morgan fingerprint density at radius 3 is 1.92 bits per heavy atom. The maximum Gasteiger partial charge on any atom is 0.362 e. The molecule has 3 heteroatoms. The van der Waals surface area contributed by atoms with Crippen LogP contribution in [0.1, 0.15) is 47.4 Å². The first-order valence-corrected chi connectivity index (χ1v) is 4.60. The SMILES string of the molecule is CC(C)(C)c1n[n+](C(C)(C)C)co1. The van der Waals surface area contributed by atoms with Gasteiger partial charge in [-0.25, -0.2) is 0 Å². The number of hydrogen-bond donors (Lipinski definition) is 0. The third-order valence-corrected chi connectivity index (χ3v) is 1.79. The summed E-state index contributed by atoms with van der Waals surface area (Å²) in [5, 5.41) is 4.40. The highest BCUT2D eigenvalue weighted by molar-refractivity contribution is 4.91. The van der Waals surface area contributed by atoms with E-state index in [2.05, 4.69) is 46.6 Å². The van der Waals surface area contributed by atoms with Crippen LogP contribution in [0.4, 0.5) is 0 Å². The minimum atomic E-state index is -0.0174. The first-order valence-electron chi connectivity index (χ1n) is 4.60. The maximum atomic E-state index is 5.41. The monoisotopic (exact) mass is 183 g/mol. The van der Waals surface area contributed by atoms with E-state index in [0.29, 0.717) is 0 Å². The smallest absolute Gasteiger partial charge is 0.362 e. The lowest BCUT2D eigenvalue weighted by Crippen LogP contribution is -2.51. The van der Waals surface area contributed by atoms with Gasteiger partial charge < -0.3 is 4.42 Å². The van der Waals surface area contributed by atoms with E-state index in [-0.39, 0.29) is 11.0 Å². The van der Waals surface area contributed by atoms with Crippen LogP contribution in [-0.2, 0) is 11.0 Å². The second-order valence-corrected chi connectivity index (χ2v) is 5.39. The van der Waals surface area contributed by atoms with Crippen LogP contribution in [0.2, 0.25) is 0 Å². The van der Waals surface area contributed by atoms with Gasteiger partial charge in [-0.05, 0) is 4.68 Å². The zero-order chi connectivity index (χ0) is 10.3. The van der Waals surface area contributed by atoms with E-state index in [1.165, 1.54) is 0 Å². The zero-order valence-electron chi connectivity index (χ0n) is 9.38. The number of aromatic nitrogens is 2. The molecule has 0 N–H and O–H groups in total. The van der Waals surface area contributed by atoms with Crippen molar-refractivity contribution < 1.29 is 9.10 Å². The minimum absolute atomic E-state index is 0.00694. The summed E-state index contributed by atoms with van der Waals surface area (Å²) in [5.74, 6) is 0.780. The van der Waals surface area contributed by atoms with Crippen molar-refractivity contribution in [3.63, 3.8) is 0 Å². The molecule has 1 rings (SSSR count). The molecule has 0 aliphatic rings. The third-order valence-electron chi connectivity index (χ3n) is 1.79. The van der Waals surface area contributed by atoms with Crippen LogP contribution >= 0.6 is 0 Å². The Balaban J connectivity index is 3.01. The fraction of sp³-hybridized carbons (Fsp3) is 0.800. The van der Waals surface area contributed by atoms with Crippen molar-refractivity contribution in [2.24, 2.45) is 0 Å². The summed E-state index contributed by atoms with van der Waals surface area (Å²) >= 11 is 0. The average molecular weight is 183 g/mol. The van der Waals surface area contributed by atoms with Crippen molar-refractivity contribution in [2.75, 3.05) is 0 Å². The van der Waals surface area contributed by atoms with Crippen LogP contribution in [0.5, 0.6) is 0 Å². The van der Waals surface area contributed by atoms with Crippen LogP contribution in [0.15, 0.2) is 10.8 Å². The van der Waals surface area contributed by atoms with Gasteiger partial charge in [0.1, 0.15) is 0 Å². The Hall–Kier alpha value is -0.860. The van der Waals surface area contributed by atoms with Gasteiger partial charge in [0.2, 0.25) is 0 Å². The van der Waals surface area contributed by atoms with Crippen molar-refractivity contribution in [2.45, 2.75) is 52.5 Å². The quantitative estimate of drug-likeness (QED) is 0.576. The fourth-order valence-corrected chi connectivity index (χ4v) is 0.880. The third kappa shape index (κ3) is 2.29. The summed E-state index contributed by atoms with van der Waals surface area (Å²) in [6.07, 6.45) is 1.68. The van der Waals surface area contributed by atoms with Crippen molar-refractivity contribution in [3.05, 3.63) is 12.3 Å². The first kappa shape index (κ1) is 10.2. The number of rotatable bonds is 0. The molecule has 0 saturated heterocycles. The molecule has 0 bridgehead atoms. The molecular weight excluding hydrogens is 164 g/mol. The van der Waals surface area contributed by atoms with Crippen LogP contribution in [0, 0.1) is 0 Å². The van der Waals surface area contributed by atoms with Gasteiger partial charge in [-0.15, -0.1) is 0 Å². The predicted molar refractivity (Wildman–Crippen MR) is 50.4 cm³/mol. The van der Waals surface area contributed by atoms with Gasteiger partial charge in [0, 0.05) is 31.3 Å². The van der Waals surface area contributed by atoms with Crippen molar-refractivity contribution in [1.29, 1.82) is 0 Å². The topological polar surface area (TPSA) is 29.9 Å². The molecule has 1 aromatic rings. The first-order chi connectivity index (χ1) is 5.71. The molecule has 0 aliphatic heterocycles. The lowest BCUT2D eigenvalue weighted by Gasteiger charge is -2.09. The summed E-state index contributed by atoms with van der Waals surface area (Å²) in [6, 6.07) is 0. The van der Waals surface area contributed by atoms with E-state index >= 15 is 0 Å². The van der Waals surface area contributed by atoms with Gasteiger partial charge in [-0.2, -0.15) is 0 Å². The van der Waals surface area contributed by atoms with E-state index < -0.39 is 0 Å². The molecule has 13 heavy (non-hydrogen) atoms. The molecule has 3 nitrogen and oxygen atoms in total. The second-order valence-electron chi connectivity index (χ2n) is 5.39. The molecule has 0 aromatic carbocycles. The van der Waals surface area contributed by atoms with E-state index in [1.807, 2.05) is 4.68 Å². The van der Waals surface area contributed by atoms with Gasteiger partial charge in [0.25, 0.3) is 5.89 Å². The second kappa shape index (κ2) is 2.82. The van der Waals surface area contributed by atoms with E-state index in [0.717, 1.165) is 5.89 Å². The molecule has 0 unspecified atom stereocenters. The largest absolute Gasteiger partial charge is 0.387 e. The van der Waals surface area contributed by atoms with Crippen LogP contribution in [0.3, 0.4) is 0 Å². The Kier molecular flexibility index (Phi) is 2.22. The van der Waals surface area contributed by atoms with Gasteiger partial charge in [0.15, 0.2) is 5.54 Å². The fourth-order valence-electron chi connectivity index (χ4n) is 0.880. The van der Waals surface area contributed by atoms with Crippen molar-refractivity contribution in [1.82, 2.24) is 5.10 Å². The highest BCUT2D eigenvalue weighted by Gasteiger charge is 2.31. The molecule has 0 saturated carbocycles. The summed E-state index contributed by atoms with van der Waals surface area (Å²) in [4.78, 5) is 0. The zero-order valence-corrected chi connectivity index (χ0v) is 9.38. The van der Waals surface area contributed by atoms with Crippen LogP contribution in [0.25, 0.3) is 0 Å². The molecule has 1 heterocycles. The minimum Gasteiger partial charge on any atom is -0.387 e. The predicted octanol–water partition coefficient (Wildman–Crippen LogP) is 2.01. The molecule has 0 radical (unpaired) electrons. The Morgan fingerprint density at radius 1 is 1.15 bits per heavy atom. The average Bonchev–Trinajstić information content (AvgIpc) is 2.28. The van der Waals surface area contributed by atoms with Crippen LogP contribution in [-0.4, -0.2) is 5.10 Å². The van der Waals surface area contributed by atoms with Gasteiger partial charge in [-0.1, -0.05) is 20.8 Å². The van der Waals surface area contributed by atoms with Crippen molar-refractivity contribution >= 4 is 0 Å². The van der Waals surface area contributed by atoms with Crippen molar-refractivity contribution in [3.8, 4) is 0 Å². The highest BCUT2D eigenvalue weighted by Crippen LogP contribution is 2.18. The highest BCUT2D eigenvalue weighted by atomic mass is 16.4. The Labute approximate surface area is 79.8 Å². The van der Waals surface area contributed by atoms with E-state index in [1.54, 1.807) is 6.39 Å². The molecule has 74 valence electrons. The maximum absolute atomic E-state index is 5.41. The summed E-state index contributed by atoms with van der Waals surface area (Å²) in [7, 11) is 0. The normalized spacial score (nSPS) is 13.4. The summed E-state index contributed by atoms with van der Waals surface area (Å²) in [6.45, 7) is 12.6. The number of hydrogen-bond acceptors (Lipinski definition) is 2. The molecule has 0 atom stereocenters. The van der Waals surface area contributed by atoms with Crippen LogP contribution < -0.4 is 4.68 Å². The molecule has 0 fully saturated rings. The lowest BCUT2D eigenvalue weighted by atomic mass is 9.97. The molecule has 0 amide bonds. The van der Waals surface area contributed by atoms with Gasteiger partial charge >= 0.3 is 6.39 Å². The summed E-state index contributed by atoms with van der Waals surface area (Å²) in [5.41, 5.74) is -0.0243. The van der Waals surface area contributed by atoms with E-state index in [9.17, 15) is 0 Å². The number of nitrogens with zero attached hydrogens (tertiary/aromatic N) is 2. The molecule has 0 spiro atoms. The Bertz CT molecular complexity index is 260. The van der Waals surface area contributed by atoms with E-state index in [4.69, 9.17) is 4.42 Å². The molecular formula is C10H19N2O+.